The third kappa shape index (κ3) is 4.11. The van der Waals surface area contributed by atoms with Crippen LogP contribution in [0.4, 0.5) is 10.1 Å². The van der Waals surface area contributed by atoms with Gasteiger partial charge in [-0.25, -0.2) is 17.1 Å². The third-order valence-corrected chi connectivity index (χ3v) is 6.98. The van der Waals surface area contributed by atoms with E-state index >= 15 is 0 Å². The van der Waals surface area contributed by atoms with E-state index in [9.17, 15) is 22.4 Å². The molecule has 1 aliphatic heterocycles. The van der Waals surface area contributed by atoms with Crippen LogP contribution < -0.4 is 5.32 Å². The Bertz CT molecular complexity index is 1130. The minimum Gasteiger partial charge on any atom is -0.322 e. The first-order chi connectivity index (χ1) is 13.6. The number of nitrogens with zero attached hydrogens (tertiary/aromatic N) is 1. The van der Waals surface area contributed by atoms with Gasteiger partial charge in [-0.15, -0.1) is 0 Å². The number of nitrogens with one attached hydrogen (secondary N) is 1. The fraction of sp³-hybridized carbons (Fsp3) is 0.200. The van der Waals surface area contributed by atoms with Crippen molar-refractivity contribution >= 4 is 48.4 Å². The van der Waals surface area contributed by atoms with E-state index in [2.05, 4.69) is 21.2 Å². The summed E-state index contributed by atoms with van der Waals surface area (Å²) in [6, 6.07) is 10.9. The maximum absolute atomic E-state index is 13.9. The molecule has 2 aromatic carbocycles. The lowest BCUT2D eigenvalue weighted by Gasteiger charge is -2.16. The average Bonchev–Trinajstić information content (AvgIpc) is 2.83. The van der Waals surface area contributed by atoms with E-state index < -0.39 is 34.2 Å². The Hall–Kier alpha value is -2.52. The number of halogens is 2. The number of amides is 2. The van der Waals surface area contributed by atoms with Crippen molar-refractivity contribution in [2.24, 2.45) is 0 Å². The summed E-state index contributed by atoms with van der Waals surface area (Å²) in [5.74, 6) is -2.28. The molecule has 1 N–H and O–H groups in total. The highest BCUT2D eigenvalue weighted by molar-refractivity contribution is 9.10. The molecule has 0 aromatic heterocycles. The quantitative estimate of drug-likeness (QED) is 0.706. The van der Waals surface area contributed by atoms with Crippen LogP contribution in [0.25, 0.3) is 4.91 Å². The molecule has 0 atom stereocenters. The van der Waals surface area contributed by atoms with Crippen molar-refractivity contribution in [1.82, 2.24) is 4.31 Å². The van der Waals surface area contributed by atoms with E-state index in [1.54, 1.807) is 24.3 Å². The molecule has 0 saturated heterocycles. The van der Waals surface area contributed by atoms with Gasteiger partial charge in [0.1, 0.15) is 17.3 Å². The second-order valence-electron chi connectivity index (χ2n) is 6.49. The van der Waals surface area contributed by atoms with E-state index in [4.69, 9.17) is 0 Å². The van der Waals surface area contributed by atoms with Crippen LogP contribution in [0.5, 0.6) is 0 Å². The highest BCUT2D eigenvalue weighted by Crippen LogP contribution is 2.35. The number of sulfonamides is 1. The number of anilines is 1. The molecule has 3 rings (SSSR count). The average molecular weight is 481 g/mol. The molecule has 29 heavy (non-hydrogen) atoms. The number of carbonyl (C=O) groups excluding carboxylic acids is 2. The Balaban J connectivity index is 1.84. The summed E-state index contributed by atoms with van der Waals surface area (Å²) in [4.78, 5) is 24.7. The fourth-order valence-corrected chi connectivity index (χ4v) is 5.13. The van der Waals surface area contributed by atoms with Crippen LogP contribution in [0.15, 0.2) is 52.5 Å². The van der Waals surface area contributed by atoms with Crippen molar-refractivity contribution < 1.29 is 22.4 Å². The van der Waals surface area contributed by atoms with Crippen molar-refractivity contribution in [1.29, 1.82) is 0 Å². The molecular weight excluding hydrogens is 463 g/mol. The highest BCUT2D eigenvalue weighted by atomic mass is 79.9. The molecule has 0 saturated carbocycles. The van der Waals surface area contributed by atoms with Gasteiger partial charge in [-0.3, -0.25) is 9.59 Å². The standard InChI is InChI=1S/C20H18BrFN2O4S/c1-3-13-4-6-14(7-5-13)19-12(2)20(26)24(29(19,27)28)11-18(25)23-17-9-8-15(21)10-16(17)22/h4-10H,3,11H2,1-2H3,(H,23,25). The van der Waals surface area contributed by atoms with Gasteiger partial charge in [0.2, 0.25) is 5.91 Å². The first-order valence-corrected chi connectivity index (χ1v) is 11.0. The van der Waals surface area contributed by atoms with Crippen LogP contribution in [0.2, 0.25) is 0 Å². The summed E-state index contributed by atoms with van der Waals surface area (Å²) in [5, 5.41) is 2.30. The van der Waals surface area contributed by atoms with E-state index in [0.717, 1.165) is 18.1 Å². The summed E-state index contributed by atoms with van der Waals surface area (Å²) < 4.78 is 40.8. The first-order valence-electron chi connectivity index (χ1n) is 8.77. The Morgan fingerprint density at radius 2 is 1.83 bits per heavy atom. The number of hydrogen-bond acceptors (Lipinski definition) is 4. The predicted octanol–water partition coefficient (Wildman–Crippen LogP) is 3.69. The van der Waals surface area contributed by atoms with Crippen molar-refractivity contribution in [3.8, 4) is 0 Å². The third-order valence-electron chi connectivity index (χ3n) is 4.55. The molecule has 0 aliphatic carbocycles. The number of carbonyl (C=O) groups is 2. The van der Waals surface area contributed by atoms with Gasteiger partial charge in [-0.05, 0) is 42.7 Å². The molecule has 1 aliphatic rings. The molecule has 2 aromatic rings. The molecule has 0 fully saturated rings. The molecule has 0 unspecified atom stereocenters. The summed E-state index contributed by atoms with van der Waals surface area (Å²) in [7, 11) is -4.20. The molecule has 6 nitrogen and oxygen atoms in total. The van der Waals surface area contributed by atoms with Crippen molar-refractivity contribution in [3.05, 3.63) is 69.5 Å². The SMILES string of the molecule is CCc1ccc(C2=C(C)C(=O)N(CC(=O)Nc3ccc(Br)cc3F)S2(=O)=O)cc1. The fourth-order valence-electron chi connectivity index (χ4n) is 3.02. The van der Waals surface area contributed by atoms with Gasteiger partial charge in [0.15, 0.2) is 0 Å². The Kier molecular flexibility index (Phi) is 5.90. The van der Waals surface area contributed by atoms with Crippen LogP contribution in [-0.4, -0.2) is 31.1 Å². The maximum atomic E-state index is 13.9. The van der Waals surface area contributed by atoms with E-state index in [-0.39, 0.29) is 16.2 Å². The van der Waals surface area contributed by atoms with Gasteiger partial charge < -0.3 is 5.32 Å². The summed E-state index contributed by atoms with van der Waals surface area (Å²) >= 11 is 3.11. The Morgan fingerprint density at radius 1 is 1.17 bits per heavy atom. The number of aryl methyl sites for hydroxylation is 1. The summed E-state index contributed by atoms with van der Waals surface area (Å²) in [6.07, 6.45) is 0.795. The van der Waals surface area contributed by atoms with Crippen LogP contribution >= 0.6 is 15.9 Å². The highest BCUT2D eigenvalue weighted by Gasteiger charge is 2.43. The lowest BCUT2D eigenvalue weighted by atomic mass is 10.1. The zero-order valence-corrected chi connectivity index (χ0v) is 18.1. The lowest BCUT2D eigenvalue weighted by molar-refractivity contribution is -0.126. The Morgan fingerprint density at radius 3 is 2.41 bits per heavy atom. The van der Waals surface area contributed by atoms with Gasteiger partial charge >= 0.3 is 0 Å². The minimum absolute atomic E-state index is 0.0388. The normalized spacial score (nSPS) is 15.7. The number of hydrogen-bond donors (Lipinski definition) is 1. The molecule has 152 valence electrons. The zero-order valence-electron chi connectivity index (χ0n) is 15.7. The van der Waals surface area contributed by atoms with Crippen LogP contribution in [-0.2, 0) is 26.0 Å². The second kappa shape index (κ2) is 8.08. The maximum Gasteiger partial charge on any atom is 0.268 e. The molecule has 1 heterocycles. The van der Waals surface area contributed by atoms with Gasteiger partial charge in [0.05, 0.1) is 5.69 Å². The van der Waals surface area contributed by atoms with Crippen LogP contribution in [0.1, 0.15) is 25.0 Å². The van der Waals surface area contributed by atoms with Crippen molar-refractivity contribution in [2.75, 3.05) is 11.9 Å². The van der Waals surface area contributed by atoms with Crippen molar-refractivity contribution in [2.45, 2.75) is 20.3 Å². The van der Waals surface area contributed by atoms with E-state index in [1.807, 2.05) is 6.92 Å². The van der Waals surface area contributed by atoms with Gasteiger partial charge in [0.25, 0.3) is 15.9 Å². The molecular formula is C20H18BrFN2O4S. The topological polar surface area (TPSA) is 83.6 Å². The molecule has 9 heteroatoms. The molecule has 2 amide bonds. The zero-order chi connectivity index (χ0) is 21.3. The second-order valence-corrected chi connectivity index (χ2v) is 9.21. The predicted molar refractivity (Wildman–Crippen MR) is 112 cm³/mol. The molecule has 0 bridgehead atoms. The molecule has 0 spiro atoms. The number of benzene rings is 2. The van der Waals surface area contributed by atoms with Crippen LogP contribution in [0, 0.1) is 5.82 Å². The minimum atomic E-state index is -4.20. The monoisotopic (exact) mass is 480 g/mol. The lowest BCUT2D eigenvalue weighted by Crippen LogP contribution is -2.38. The first kappa shape index (κ1) is 21.2. The Labute approximate surface area is 176 Å². The number of rotatable bonds is 5. The van der Waals surface area contributed by atoms with E-state index in [0.29, 0.717) is 14.3 Å². The van der Waals surface area contributed by atoms with Crippen LogP contribution in [0.3, 0.4) is 0 Å². The largest absolute Gasteiger partial charge is 0.322 e. The van der Waals surface area contributed by atoms with Gasteiger partial charge in [-0.2, -0.15) is 0 Å². The smallest absolute Gasteiger partial charge is 0.268 e. The summed E-state index contributed by atoms with van der Waals surface area (Å²) in [5.41, 5.74) is 1.34. The summed E-state index contributed by atoms with van der Waals surface area (Å²) in [6.45, 7) is 2.64. The van der Waals surface area contributed by atoms with E-state index in [1.165, 1.54) is 19.1 Å². The molecule has 0 radical (unpaired) electrons. The van der Waals surface area contributed by atoms with Crippen molar-refractivity contribution in [3.63, 3.8) is 0 Å². The van der Waals surface area contributed by atoms with Gasteiger partial charge in [0, 0.05) is 10.0 Å². The van der Waals surface area contributed by atoms with Gasteiger partial charge in [-0.1, -0.05) is 47.1 Å².